The molecule has 0 unspecified atom stereocenters. The standard InChI is InChI=1S/C6H12O2.Zr/c1-6(2,3)4-5(7)8;/h4H2,1-3H3,(H,7,8);. The zero-order valence-electron chi connectivity index (χ0n) is 6.06. The monoisotopic (exact) mass is 206 g/mol. The number of rotatable bonds is 1. The van der Waals surface area contributed by atoms with Gasteiger partial charge in [0.1, 0.15) is 0 Å². The van der Waals surface area contributed by atoms with Crippen LogP contribution < -0.4 is 0 Å². The molecule has 0 fully saturated rings. The molecule has 3 heteroatoms. The van der Waals surface area contributed by atoms with Crippen LogP contribution in [-0.2, 0) is 31.0 Å². The summed E-state index contributed by atoms with van der Waals surface area (Å²) in [5.74, 6) is -0.725. The van der Waals surface area contributed by atoms with Crippen LogP contribution in [0, 0.1) is 5.41 Å². The largest absolute Gasteiger partial charge is 0.481 e. The molecule has 0 aromatic heterocycles. The maximum atomic E-state index is 10.0. The van der Waals surface area contributed by atoms with Gasteiger partial charge in [-0.1, -0.05) is 20.8 Å². The zero-order valence-corrected chi connectivity index (χ0v) is 8.52. The second-order valence-corrected chi connectivity index (χ2v) is 3.13. The van der Waals surface area contributed by atoms with Crippen molar-refractivity contribution in [3.05, 3.63) is 0 Å². The summed E-state index contributed by atoms with van der Waals surface area (Å²) < 4.78 is 0. The number of hydrogen-bond donors (Lipinski definition) is 1. The van der Waals surface area contributed by atoms with Crippen molar-refractivity contribution in [2.75, 3.05) is 0 Å². The Bertz CT molecular complexity index is 93.7. The molecule has 0 aliphatic heterocycles. The van der Waals surface area contributed by atoms with Crippen molar-refractivity contribution in [2.24, 2.45) is 5.41 Å². The molecule has 9 heavy (non-hydrogen) atoms. The molecule has 0 heterocycles. The molecule has 0 aliphatic rings. The van der Waals surface area contributed by atoms with Crippen molar-refractivity contribution in [3.63, 3.8) is 0 Å². The second kappa shape index (κ2) is 4.21. The summed E-state index contributed by atoms with van der Waals surface area (Å²) in [6.07, 6.45) is 0.243. The normalized spacial score (nSPS) is 10.1. The van der Waals surface area contributed by atoms with Crippen molar-refractivity contribution < 1.29 is 36.1 Å². The number of hydrogen-bond acceptors (Lipinski definition) is 1. The van der Waals surface area contributed by atoms with Crippen LogP contribution in [0.5, 0.6) is 0 Å². The van der Waals surface area contributed by atoms with Gasteiger partial charge in [-0.3, -0.25) is 4.79 Å². The topological polar surface area (TPSA) is 37.3 Å². The third-order valence-electron chi connectivity index (χ3n) is 0.682. The Kier molecular flexibility index (Phi) is 5.65. The Labute approximate surface area is 74.8 Å². The average molecular weight is 207 g/mol. The van der Waals surface area contributed by atoms with Gasteiger partial charge in [0.05, 0.1) is 6.42 Å². The van der Waals surface area contributed by atoms with Gasteiger partial charge in [-0.05, 0) is 5.41 Å². The first kappa shape index (κ1) is 12.1. The van der Waals surface area contributed by atoms with E-state index in [1.165, 1.54) is 0 Å². The maximum absolute atomic E-state index is 10.0. The Morgan fingerprint density at radius 3 is 1.78 bits per heavy atom. The van der Waals surface area contributed by atoms with Crippen LogP contribution in [0.4, 0.5) is 0 Å². The van der Waals surface area contributed by atoms with Crippen LogP contribution in [0.15, 0.2) is 0 Å². The van der Waals surface area contributed by atoms with Crippen LogP contribution in [-0.4, -0.2) is 11.1 Å². The molecule has 0 aliphatic carbocycles. The van der Waals surface area contributed by atoms with Gasteiger partial charge in [0.25, 0.3) is 0 Å². The van der Waals surface area contributed by atoms with E-state index in [-0.39, 0.29) is 38.0 Å². The molecule has 0 radical (unpaired) electrons. The van der Waals surface area contributed by atoms with Gasteiger partial charge in [-0.2, -0.15) is 0 Å². The van der Waals surface area contributed by atoms with Gasteiger partial charge >= 0.3 is 5.97 Å². The Hall–Kier alpha value is 0.353. The number of aliphatic carboxylic acids is 1. The summed E-state index contributed by atoms with van der Waals surface area (Å²) in [5, 5.41) is 8.25. The third kappa shape index (κ3) is 11.8. The van der Waals surface area contributed by atoms with E-state index in [0.717, 1.165) is 0 Å². The Morgan fingerprint density at radius 2 is 1.78 bits per heavy atom. The molecule has 0 aromatic carbocycles. The first-order valence-corrected chi connectivity index (χ1v) is 2.63. The van der Waals surface area contributed by atoms with E-state index >= 15 is 0 Å². The summed E-state index contributed by atoms with van der Waals surface area (Å²) in [5.41, 5.74) is -0.0775. The molecule has 0 spiro atoms. The van der Waals surface area contributed by atoms with Gasteiger partial charge in [-0.15, -0.1) is 0 Å². The van der Waals surface area contributed by atoms with Crippen LogP contribution >= 0.6 is 0 Å². The van der Waals surface area contributed by atoms with E-state index in [1.807, 2.05) is 20.8 Å². The predicted octanol–water partition coefficient (Wildman–Crippen LogP) is 1.50. The van der Waals surface area contributed by atoms with Crippen molar-refractivity contribution in [1.29, 1.82) is 0 Å². The Balaban J connectivity index is 0. The fourth-order valence-corrected chi connectivity index (χ4v) is 0.454. The van der Waals surface area contributed by atoms with Crippen LogP contribution in [0.3, 0.4) is 0 Å². The first-order valence-electron chi connectivity index (χ1n) is 2.63. The van der Waals surface area contributed by atoms with E-state index in [1.54, 1.807) is 0 Å². The van der Waals surface area contributed by atoms with Gasteiger partial charge in [-0.25, -0.2) is 0 Å². The van der Waals surface area contributed by atoms with Crippen molar-refractivity contribution in [1.82, 2.24) is 0 Å². The summed E-state index contributed by atoms with van der Waals surface area (Å²) in [6.45, 7) is 5.71. The second-order valence-electron chi connectivity index (χ2n) is 3.13. The quantitative estimate of drug-likeness (QED) is 0.707. The molecule has 0 amide bonds. The minimum absolute atomic E-state index is 0. The molecule has 0 bridgehead atoms. The molecule has 0 aromatic rings. The van der Waals surface area contributed by atoms with E-state index < -0.39 is 5.97 Å². The minimum atomic E-state index is -0.725. The van der Waals surface area contributed by atoms with E-state index in [9.17, 15) is 4.79 Å². The van der Waals surface area contributed by atoms with Crippen molar-refractivity contribution >= 4 is 5.97 Å². The molecule has 2 nitrogen and oxygen atoms in total. The van der Waals surface area contributed by atoms with Crippen LogP contribution in [0.25, 0.3) is 0 Å². The Morgan fingerprint density at radius 1 is 1.44 bits per heavy atom. The van der Waals surface area contributed by atoms with Gasteiger partial charge in [0.15, 0.2) is 0 Å². The number of carbonyl (C=O) groups is 1. The number of carboxylic acid groups (broad SMARTS) is 1. The fourth-order valence-electron chi connectivity index (χ4n) is 0.454. The zero-order chi connectivity index (χ0) is 6.78. The molecule has 0 atom stereocenters. The molecule has 0 rings (SSSR count). The molecule has 1 N–H and O–H groups in total. The van der Waals surface area contributed by atoms with E-state index in [0.29, 0.717) is 0 Å². The molecular weight excluding hydrogens is 195 g/mol. The summed E-state index contributed by atoms with van der Waals surface area (Å²) in [6, 6.07) is 0. The summed E-state index contributed by atoms with van der Waals surface area (Å²) in [7, 11) is 0. The van der Waals surface area contributed by atoms with Crippen LogP contribution in [0.2, 0.25) is 0 Å². The number of carboxylic acids is 1. The van der Waals surface area contributed by atoms with Crippen LogP contribution in [0.1, 0.15) is 27.2 Å². The fraction of sp³-hybridized carbons (Fsp3) is 0.833. The summed E-state index contributed by atoms with van der Waals surface area (Å²) >= 11 is 0. The molecular formula is C6H12O2Zr. The molecule has 0 saturated carbocycles. The maximum Gasteiger partial charge on any atom is 0.303 e. The summed E-state index contributed by atoms with van der Waals surface area (Å²) in [4.78, 5) is 10.0. The molecule has 0 saturated heterocycles. The minimum Gasteiger partial charge on any atom is -0.481 e. The third-order valence-corrected chi connectivity index (χ3v) is 0.682. The van der Waals surface area contributed by atoms with Gasteiger partial charge < -0.3 is 5.11 Å². The SMILES string of the molecule is CC(C)(C)CC(=O)O.[Zr]. The van der Waals surface area contributed by atoms with Gasteiger partial charge in [0.2, 0.25) is 0 Å². The molecule has 52 valence electrons. The predicted molar refractivity (Wildman–Crippen MR) is 31.7 cm³/mol. The average Bonchev–Trinajstić information content (AvgIpc) is 1.21. The van der Waals surface area contributed by atoms with Crippen molar-refractivity contribution in [2.45, 2.75) is 27.2 Å². The smallest absolute Gasteiger partial charge is 0.303 e. The van der Waals surface area contributed by atoms with Crippen molar-refractivity contribution in [3.8, 4) is 0 Å². The first-order chi connectivity index (χ1) is 3.42. The van der Waals surface area contributed by atoms with Gasteiger partial charge in [0, 0.05) is 26.2 Å². The van der Waals surface area contributed by atoms with E-state index in [4.69, 9.17) is 5.11 Å². The van der Waals surface area contributed by atoms with E-state index in [2.05, 4.69) is 0 Å².